The van der Waals surface area contributed by atoms with Crippen molar-refractivity contribution in [2.24, 2.45) is 0 Å². The molecule has 1 fully saturated rings. The van der Waals surface area contributed by atoms with Gasteiger partial charge in [0.2, 0.25) is 12.2 Å². The normalized spacial score (nSPS) is 27.4. The molecule has 0 bridgehead atoms. The largest absolute Gasteiger partial charge is 0.458 e. The van der Waals surface area contributed by atoms with Gasteiger partial charge < -0.3 is 19.5 Å². The Morgan fingerprint density at radius 1 is 1.12 bits per heavy atom. The molecule has 0 spiro atoms. The predicted molar refractivity (Wildman–Crippen MR) is 54.7 cm³/mol. The molecular formula is C10H15NO6. The van der Waals surface area contributed by atoms with Crippen molar-refractivity contribution in [1.82, 2.24) is 5.32 Å². The van der Waals surface area contributed by atoms with E-state index in [-0.39, 0.29) is 12.5 Å². The van der Waals surface area contributed by atoms with E-state index in [0.717, 1.165) is 0 Å². The number of rotatable bonds is 3. The van der Waals surface area contributed by atoms with Crippen molar-refractivity contribution in [1.29, 1.82) is 0 Å². The minimum absolute atomic E-state index is 0.0719. The Labute approximate surface area is 98.4 Å². The Hall–Kier alpha value is -1.63. The second-order valence-corrected chi connectivity index (χ2v) is 3.69. The average molecular weight is 245 g/mol. The van der Waals surface area contributed by atoms with Crippen LogP contribution in [0.2, 0.25) is 0 Å². The zero-order valence-corrected chi connectivity index (χ0v) is 9.89. The lowest BCUT2D eigenvalue weighted by Gasteiger charge is -2.22. The standard InChI is InChI=1S/C10H15NO6/c1-5(12)11-9-8(16-6(2)13)4-15-10(9)17-7(3)14/h8-10H,4H2,1-3H3,(H,11,12)/t8-,9-,10-/m1/s1. The maximum absolute atomic E-state index is 11.0. The number of carbonyl (C=O) groups is 3. The molecule has 1 rings (SSSR count). The summed E-state index contributed by atoms with van der Waals surface area (Å²) >= 11 is 0. The summed E-state index contributed by atoms with van der Waals surface area (Å²) in [5.74, 6) is -1.35. The summed E-state index contributed by atoms with van der Waals surface area (Å²) in [4.78, 5) is 32.7. The van der Waals surface area contributed by atoms with Crippen molar-refractivity contribution in [2.75, 3.05) is 6.61 Å². The van der Waals surface area contributed by atoms with Crippen molar-refractivity contribution in [3.63, 3.8) is 0 Å². The van der Waals surface area contributed by atoms with Crippen LogP contribution in [0.1, 0.15) is 20.8 Å². The van der Waals surface area contributed by atoms with Crippen LogP contribution in [-0.2, 0) is 28.6 Å². The first kappa shape index (κ1) is 13.4. The van der Waals surface area contributed by atoms with Gasteiger partial charge in [0.25, 0.3) is 0 Å². The minimum atomic E-state index is -0.930. The molecule has 1 amide bonds. The number of carbonyl (C=O) groups excluding carboxylic acids is 3. The smallest absolute Gasteiger partial charge is 0.305 e. The van der Waals surface area contributed by atoms with Crippen LogP contribution in [-0.4, -0.2) is 42.9 Å². The van der Waals surface area contributed by atoms with Gasteiger partial charge in [-0.3, -0.25) is 14.4 Å². The van der Waals surface area contributed by atoms with Crippen LogP contribution in [0.15, 0.2) is 0 Å². The molecule has 3 atom stereocenters. The molecule has 1 N–H and O–H groups in total. The fourth-order valence-corrected chi connectivity index (χ4v) is 1.56. The molecule has 7 nitrogen and oxygen atoms in total. The first-order chi connectivity index (χ1) is 7.90. The summed E-state index contributed by atoms with van der Waals surface area (Å²) in [5.41, 5.74) is 0. The molecule has 0 aromatic carbocycles. The zero-order chi connectivity index (χ0) is 13.0. The summed E-state index contributed by atoms with van der Waals surface area (Å²) < 4.78 is 15.0. The number of ether oxygens (including phenoxy) is 3. The van der Waals surface area contributed by atoms with E-state index in [2.05, 4.69) is 5.32 Å². The number of amides is 1. The van der Waals surface area contributed by atoms with Gasteiger partial charge in [-0.25, -0.2) is 0 Å². The quantitative estimate of drug-likeness (QED) is 0.664. The highest BCUT2D eigenvalue weighted by Crippen LogP contribution is 2.19. The molecule has 0 aromatic heterocycles. The Kier molecular flexibility index (Phi) is 4.45. The highest BCUT2D eigenvalue weighted by Gasteiger charge is 2.42. The van der Waals surface area contributed by atoms with Gasteiger partial charge in [0.1, 0.15) is 6.04 Å². The van der Waals surface area contributed by atoms with Gasteiger partial charge in [-0.15, -0.1) is 0 Å². The van der Waals surface area contributed by atoms with E-state index in [4.69, 9.17) is 14.2 Å². The number of nitrogens with one attached hydrogen (secondary N) is 1. The fourth-order valence-electron chi connectivity index (χ4n) is 1.56. The number of esters is 2. The van der Waals surface area contributed by atoms with Crippen molar-refractivity contribution >= 4 is 17.8 Å². The van der Waals surface area contributed by atoms with Crippen LogP contribution in [0, 0.1) is 0 Å². The Bertz CT molecular complexity index is 305. The van der Waals surface area contributed by atoms with Gasteiger partial charge in [0.05, 0.1) is 6.61 Å². The Morgan fingerprint density at radius 3 is 2.18 bits per heavy atom. The lowest BCUT2D eigenvalue weighted by atomic mass is 10.2. The molecular weight excluding hydrogens is 230 g/mol. The zero-order valence-electron chi connectivity index (χ0n) is 9.89. The lowest BCUT2D eigenvalue weighted by Crippen LogP contribution is -2.48. The second-order valence-electron chi connectivity index (χ2n) is 3.69. The van der Waals surface area contributed by atoms with E-state index in [1.165, 1.54) is 20.8 Å². The van der Waals surface area contributed by atoms with Gasteiger partial charge in [0, 0.05) is 20.8 Å². The van der Waals surface area contributed by atoms with Gasteiger partial charge >= 0.3 is 11.9 Å². The van der Waals surface area contributed by atoms with Crippen LogP contribution >= 0.6 is 0 Å². The molecule has 0 radical (unpaired) electrons. The van der Waals surface area contributed by atoms with Crippen LogP contribution in [0.5, 0.6) is 0 Å². The molecule has 0 saturated carbocycles. The molecule has 0 aromatic rings. The van der Waals surface area contributed by atoms with Gasteiger partial charge in [-0.2, -0.15) is 0 Å². The van der Waals surface area contributed by atoms with E-state index < -0.39 is 30.4 Å². The van der Waals surface area contributed by atoms with Crippen LogP contribution in [0.4, 0.5) is 0 Å². The van der Waals surface area contributed by atoms with Gasteiger partial charge in [-0.1, -0.05) is 0 Å². The summed E-state index contributed by atoms with van der Waals surface area (Å²) in [6.45, 7) is 3.87. The third kappa shape index (κ3) is 4.03. The fraction of sp³-hybridized carbons (Fsp3) is 0.700. The molecule has 0 unspecified atom stereocenters. The summed E-state index contributed by atoms with van der Waals surface area (Å²) in [6, 6.07) is -0.680. The van der Waals surface area contributed by atoms with Gasteiger partial charge in [-0.05, 0) is 0 Å². The van der Waals surface area contributed by atoms with E-state index in [1.54, 1.807) is 0 Å². The van der Waals surface area contributed by atoms with Crippen LogP contribution in [0.3, 0.4) is 0 Å². The van der Waals surface area contributed by atoms with E-state index in [9.17, 15) is 14.4 Å². The Balaban J connectivity index is 2.69. The molecule has 96 valence electrons. The summed E-state index contributed by atoms with van der Waals surface area (Å²) in [6.07, 6.45) is -1.58. The monoisotopic (exact) mass is 245 g/mol. The van der Waals surface area contributed by atoms with Crippen molar-refractivity contribution in [3.8, 4) is 0 Å². The van der Waals surface area contributed by atoms with E-state index in [0.29, 0.717) is 0 Å². The molecule has 1 saturated heterocycles. The van der Waals surface area contributed by atoms with Crippen LogP contribution < -0.4 is 5.32 Å². The first-order valence-electron chi connectivity index (χ1n) is 5.13. The predicted octanol–water partition coefficient (Wildman–Crippen LogP) is -0.658. The molecule has 17 heavy (non-hydrogen) atoms. The molecule has 1 heterocycles. The highest BCUT2D eigenvalue weighted by atomic mass is 16.7. The third-order valence-corrected chi connectivity index (χ3v) is 2.09. The topological polar surface area (TPSA) is 90.9 Å². The summed E-state index contributed by atoms with van der Waals surface area (Å²) in [7, 11) is 0. The highest BCUT2D eigenvalue weighted by molar-refractivity contribution is 5.73. The van der Waals surface area contributed by atoms with E-state index >= 15 is 0 Å². The van der Waals surface area contributed by atoms with Crippen molar-refractivity contribution < 1.29 is 28.6 Å². The lowest BCUT2D eigenvalue weighted by molar-refractivity contribution is -0.170. The molecule has 1 aliphatic heterocycles. The number of hydrogen-bond acceptors (Lipinski definition) is 6. The average Bonchev–Trinajstić information content (AvgIpc) is 2.47. The number of hydrogen-bond donors (Lipinski definition) is 1. The van der Waals surface area contributed by atoms with Crippen LogP contribution in [0.25, 0.3) is 0 Å². The SMILES string of the molecule is CC(=O)N[C@H]1[C@@H](OC(C)=O)OC[C@H]1OC(C)=O. The third-order valence-electron chi connectivity index (χ3n) is 2.09. The Morgan fingerprint density at radius 2 is 1.71 bits per heavy atom. The molecule has 0 aliphatic carbocycles. The van der Waals surface area contributed by atoms with Gasteiger partial charge in [0.15, 0.2) is 6.10 Å². The maximum atomic E-state index is 11.0. The first-order valence-corrected chi connectivity index (χ1v) is 5.13. The van der Waals surface area contributed by atoms with E-state index in [1.807, 2.05) is 0 Å². The van der Waals surface area contributed by atoms with Crippen molar-refractivity contribution in [3.05, 3.63) is 0 Å². The summed E-state index contributed by atoms with van der Waals surface area (Å²) in [5, 5.41) is 2.53. The van der Waals surface area contributed by atoms with Crippen molar-refractivity contribution in [2.45, 2.75) is 39.2 Å². The molecule has 1 aliphatic rings. The second kappa shape index (κ2) is 5.62. The maximum Gasteiger partial charge on any atom is 0.305 e. The minimum Gasteiger partial charge on any atom is -0.458 e. The molecule has 7 heteroatoms.